The summed E-state index contributed by atoms with van der Waals surface area (Å²) >= 11 is 0. The van der Waals surface area contributed by atoms with Crippen molar-refractivity contribution in [3.63, 3.8) is 0 Å². The minimum atomic E-state index is -1.25. The lowest BCUT2D eigenvalue weighted by Gasteiger charge is -2.64. The molecule has 0 bridgehead atoms. The first-order valence-electron chi connectivity index (χ1n) is 16.7. The molecule has 5 fully saturated rings. The third-order valence-corrected chi connectivity index (χ3v) is 14.6. The van der Waals surface area contributed by atoms with Crippen molar-refractivity contribution < 1.29 is 29.9 Å². The molecule has 0 amide bonds. The van der Waals surface area contributed by atoms with Crippen LogP contribution in [0.1, 0.15) is 113 Å². The van der Waals surface area contributed by atoms with Crippen LogP contribution in [0, 0.1) is 50.7 Å². The van der Waals surface area contributed by atoms with Gasteiger partial charge in [-0.1, -0.05) is 60.1 Å². The fourth-order valence-electron chi connectivity index (χ4n) is 12.2. The highest BCUT2D eigenvalue weighted by molar-refractivity contribution is 5.25. The van der Waals surface area contributed by atoms with Gasteiger partial charge in [0.1, 0.15) is 18.3 Å². The molecule has 1 heterocycles. The van der Waals surface area contributed by atoms with Gasteiger partial charge in [-0.3, -0.25) is 0 Å². The van der Waals surface area contributed by atoms with Crippen LogP contribution in [-0.2, 0) is 9.47 Å². The molecule has 0 aromatic heterocycles. The minimum absolute atomic E-state index is 0.0233. The molecule has 6 heteroatoms. The lowest BCUT2D eigenvalue weighted by atomic mass is 9.42. The first-order chi connectivity index (χ1) is 19.1. The van der Waals surface area contributed by atoms with Gasteiger partial charge in [0.15, 0.2) is 6.29 Å². The molecular weight excluding hydrogens is 516 g/mol. The van der Waals surface area contributed by atoms with Crippen molar-refractivity contribution in [2.24, 2.45) is 50.7 Å². The molecule has 1 saturated heterocycles. The molecule has 13 unspecified atom stereocenters. The summed E-state index contributed by atoms with van der Waals surface area (Å²) in [6.07, 6.45) is 9.22. The Morgan fingerprint density at radius 3 is 2.17 bits per heavy atom. The summed E-state index contributed by atoms with van der Waals surface area (Å²) in [6.45, 7) is 17.0. The Morgan fingerprint density at radius 2 is 1.44 bits per heavy atom. The Kier molecular flexibility index (Phi) is 7.45. The molecule has 1 aliphatic heterocycles. The second-order valence-electron chi connectivity index (χ2n) is 17.3. The maximum atomic E-state index is 11.0. The van der Waals surface area contributed by atoms with Crippen LogP contribution in [-0.4, -0.2) is 63.8 Å². The van der Waals surface area contributed by atoms with Gasteiger partial charge in [0, 0.05) is 0 Å². The van der Waals surface area contributed by atoms with E-state index in [0.29, 0.717) is 29.1 Å². The molecule has 0 aromatic carbocycles. The van der Waals surface area contributed by atoms with E-state index in [0.717, 1.165) is 32.1 Å². The maximum absolute atomic E-state index is 11.0. The quantitative estimate of drug-likeness (QED) is 0.253. The van der Waals surface area contributed by atoms with Crippen molar-refractivity contribution in [2.75, 3.05) is 6.61 Å². The first-order valence-corrected chi connectivity index (χ1v) is 16.7. The van der Waals surface area contributed by atoms with Gasteiger partial charge in [0.05, 0.1) is 18.8 Å². The average Bonchev–Trinajstić information content (AvgIpc) is 3.05. The van der Waals surface area contributed by atoms with Gasteiger partial charge in [-0.05, 0) is 115 Å². The smallest absolute Gasteiger partial charge is 0.186 e. The number of ether oxygens (including phenoxy) is 2. The predicted octanol–water partition coefficient (Wildman–Crippen LogP) is 5.60. The third-order valence-electron chi connectivity index (χ3n) is 14.6. The normalized spacial score (nSPS) is 54.5. The molecular formula is C35H58O6. The van der Waals surface area contributed by atoms with E-state index in [1.807, 2.05) is 0 Å². The number of aliphatic hydroxyl groups is 4. The van der Waals surface area contributed by atoms with Gasteiger partial charge < -0.3 is 29.9 Å². The Hall–Kier alpha value is -0.500. The molecule has 13 atom stereocenters. The van der Waals surface area contributed by atoms with E-state index in [1.54, 1.807) is 5.57 Å². The zero-order valence-corrected chi connectivity index (χ0v) is 26.7. The Morgan fingerprint density at radius 1 is 0.732 bits per heavy atom. The van der Waals surface area contributed by atoms with Gasteiger partial charge in [0.25, 0.3) is 0 Å². The van der Waals surface area contributed by atoms with Crippen LogP contribution < -0.4 is 0 Å². The van der Waals surface area contributed by atoms with Crippen molar-refractivity contribution in [2.45, 2.75) is 149 Å². The molecule has 6 nitrogen and oxygen atoms in total. The van der Waals surface area contributed by atoms with Gasteiger partial charge in [-0.2, -0.15) is 0 Å². The van der Waals surface area contributed by atoms with Crippen LogP contribution in [0.25, 0.3) is 0 Å². The Bertz CT molecular complexity index is 1040. The maximum Gasteiger partial charge on any atom is 0.186 e. The van der Waals surface area contributed by atoms with Crippen molar-refractivity contribution in [1.82, 2.24) is 0 Å². The topological polar surface area (TPSA) is 99.4 Å². The van der Waals surface area contributed by atoms with Crippen LogP contribution in [0.5, 0.6) is 0 Å². The summed E-state index contributed by atoms with van der Waals surface area (Å²) in [5.41, 5.74) is 2.36. The average molecular weight is 575 g/mol. The van der Waals surface area contributed by atoms with E-state index >= 15 is 0 Å². The zero-order valence-electron chi connectivity index (χ0n) is 26.7. The molecule has 0 radical (unpaired) electrons. The molecule has 234 valence electrons. The number of hydrogen-bond acceptors (Lipinski definition) is 6. The highest BCUT2D eigenvalue weighted by Crippen LogP contribution is 2.70. The number of fused-ring (bicyclic) bond motifs is 6. The molecule has 5 aliphatic carbocycles. The van der Waals surface area contributed by atoms with Crippen LogP contribution in [0.3, 0.4) is 0 Å². The van der Waals surface area contributed by atoms with Gasteiger partial charge >= 0.3 is 0 Å². The zero-order chi connectivity index (χ0) is 29.8. The standard InChI is InChI=1S/C35H58O6/c1-31(2)23-10-8-20-18-33(5)15-12-24-32(3,4)27(41-30-29(39)28(38)22(36)19-40-30)14-17-35(24,7)25(33)11-9-21(20)34(23,6)16-13-26(31)37/h8,21-30,36-39H,9-19H2,1-7H3. The first kappa shape index (κ1) is 30.5. The summed E-state index contributed by atoms with van der Waals surface area (Å²) in [6, 6.07) is 0. The van der Waals surface area contributed by atoms with Crippen molar-refractivity contribution in [1.29, 1.82) is 0 Å². The predicted molar refractivity (Wildman–Crippen MR) is 159 cm³/mol. The molecule has 0 spiro atoms. The van der Waals surface area contributed by atoms with E-state index in [4.69, 9.17) is 9.47 Å². The summed E-state index contributed by atoms with van der Waals surface area (Å²) in [5, 5.41) is 41.7. The minimum Gasteiger partial charge on any atom is -0.393 e. The highest BCUT2D eigenvalue weighted by Gasteiger charge is 2.63. The Balaban J connectivity index is 1.24. The fourth-order valence-corrected chi connectivity index (χ4v) is 12.2. The third kappa shape index (κ3) is 4.47. The van der Waals surface area contributed by atoms with Crippen molar-refractivity contribution in [3.8, 4) is 0 Å². The monoisotopic (exact) mass is 574 g/mol. The van der Waals surface area contributed by atoms with Crippen LogP contribution in [0.2, 0.25) is 0 Å². The van der Waals surface area contributed by atoms with E-state index in [9.17, 15) is 20.4 Å². The van der Waals surface area contributed by atoms with Crippen LogP contribution in [0.15, 0.2) is 11.6 Å². The highest BCUT2D eigenvalue weighted by atomic mass is 16.7. The van der Waals surface area contributed by atoms with Gasteiger partial charge in [-0.25, -0.2) is 0 Å². The number of hydrogen-bond donors (Lipinski definition) is 4. The van der Waals surface area contributed by atoms with Crippen LogP contribution in [0.4, 0.5) is 0 Å². The van der Waals surface area contributed by atoms with Gasteiger partial charge in [-0.15, -0.1) is 0 Å². The van der Waals surface area contributed by atoms with Crippen LogP contribution >= 0.6 is 0 Å². The van der Waals surface area contributed by atoms with Crippen molar-refractivity contribution >= 4 is 0 Å². The van der Waals surface area contributed by atoms with E-state index in [2.05, 4.69) is 54.5 Å². The van der Waals surface area contributed by atoms with E-state index in [-0.39, 0.29) is 40.5 Å². The molecule has 6 aliphatic rings. The largest absolute Gasteiger partial charge is 0.393 e. The van der Waals surface area contributed by atoms with Gasteiger partial charge in [0.2, 0.25) is 0 Å². The molecule has 0 aromatic rings. The fraction of sp³-hybridized carbons (Fsp3) is 0.943. The second-order valence-corrected chi connectivity index (χ2v) is 17.3. The summed E-state index contributed by atoms with van der Waals surface area (Å²) < 4.78 is 12.1. The number of aliphatic hydroxyl groups excluding tert-OH is 4. The summed E-state index contributed by atoms with van der Waals surface area (Å²) in [4.78, 5) is 0. The SMILES string of the molecule is CC12CCC3C(C)(C)C(OC4OCC(O)C(O)C4O)CCC3(C)C1CCC1C(=CCC3C(C)(C)C(O)CCC13C)C2. The van der Waals surface area contributed by atoms with E-state index in [1.165, 1.54) is 32.1 Å². The lowest BCUT2D eigenvalue weighted by molar-refractivity contribution is -0.306. The number of allylic oxidation sites excluding steroid dienone is 2. The molecule has 4 N–H and O–H groups in total. The second kappa shape index (κ2) is 10.0. The molecule has 4 saturated carbocycles. The van der Waals surface area contributed by atoms with Crippen molar-refractivity contribution in [3.05, 3.63) is 11.6 Å². The summed E-state index contributed by atoms with van der Waals surface area (Å²) in [5.74, 6) is 2.31. The number of rotatable bonds is 2. The molecule has 41 heavy (non-hydrogen) atoms. The summed E-state index contributed by atoms with van der Waals surface area (Å²) in [7, 11) is 0. The lowest BCUT2D eigenvalue weighted by Crippen LogP contribution is -2.61. The van der Waals surface area contributed by atoms with E-state index < -0.39 is 24.6 Å². The molecule has 6 rings (SSSR count). The Labute approximate surface area is 248 Å².